The molecule has 2 rings (SSSR count). The van der Waals surface area contributed by atoms with Crippen LogP contribution in [0.1, 0.15) is 12.8 Å². The molecule has 2 fully saturated rings. The maximum absolute atomic E-state index is 12.0. The number of carbonyl (C=O) groups excluding carboxylic acids is 2. The molecule has 2 amide bonds. The maximum Gasteiger partial charge on any atom is 0.225 e. The highest BCUT2D eigenvalue weighted by Crippen LogP contribution is 2.18. The van der Waals surface area contributed by atoms with Crippen LogP contribution in [-0.2, 0) is 14.3 Å². The Kier molecular flexibility index (Phi) is 6.54. The molecule has 0 aliphatic carbocycles. The van der Waals surface area contributed by atoms with E-state index in [2.05, 4.69) is 10.6 Å². The lowest BCUT2D eigenvalue weighted by atomic mass is 10.1. The van der Waals surface area contributed by atoms with Gasteiger partial charge in [-0.3, -0.25) is 9.59 Å². The van der Waals surface area contributed by atoms with E-state index in [9.17, 15) is 9.59 Å². The van der Waals surface area contributed by atoms with Crippen molar-refractivity contribution >= 4 is 24.2 Å². The summed E-state index contributed by atoms with van der Waals surface area (Å²) in [5, 5.41) is 6.21. The first-order chi connectivity index (χ1) is 8.70. The van der Waals surface area contributed by atoms with Crippen molar-refractivity contribution in [1.29, 1.82) is 0 Å². The summed E-state index contributed by atoms with van der Waals surface area (Å²) in [7, 11) is 1.61. The number of likely N-dealkylation sites (tertiary alicyclic amines) is 1. The predicted octanol–water partition coefficient (Wildman–Crippen LogP) is -0.619. The fraction of sp³-hybridized carbons (Fsp3) is 0.833. The summed E-state index contributed by atoms with van der Waals surface area (Å²) in [6.45, 7) is 3.40. The van der Waals surface area contributed by atoms with Crippen LogP contribution in [-0.4, -0.2) is 62.7 Å². The average Bonchev–Trinajstić information content (AvgIpc) is 2.96. The van der Waals surface area contributed by atoms with Gasteiger partial charge in [-0.25, -0.2) is 0 Å². The predicted molar refractivity (Wildman–Crippen MR) is 73.2 cm³/mol. The molecule has 0 spiro atoms. The van der Waals surface area contributed by atoms with Gasteiger partial charge in [0.25, 0.3) is 0 Å². The molecule has 0 aromatic carbocycles. The van der Waals surface area contributed by atoms with E-state index in [1.54, 1.807) is 12.0 Å². The van der Waals surface area contributed by atoms with Gasteiger partial charge in [0, 0.05) is 39.2 Å². The molecule has 19 heavy (non-hydrogen) atoms. The molecule has 2 aliphatic rings. The van der Waals surface area contributed by atoms with Gasteiger partial charge in [0.2, 0.25) is 11.8 Å². The normalized spacial score (nSPS) is 26.4. The van der Waals surface area contributed by atoms with Gasteiger partial charge in [-0.1, -0.05) is 0 Å². The Morgan fingerprint density at radius 2 is 2.37 bits per heavy atom. The zero-order valence-corrected chi connectivity index (χ0v) is 12.0. The van der Waals surface area contributed by atoms with Crippen LogP contribution in [0.5, 0.6) is 0 Å². The monoisotopic (exact) mass is 291 g/mol. The zero-order chi connectivity index (χ0) is 13.0. The fourth-order valence-corrected chi connectivity index (χ4v) is 2.46. The summed E-state index contributed by atoms with van der Waals surface area (Å²) in [4.78, 5) is 25.4. The molecule has 0 radical (unpaired) electrons. The van der Waals surface area contributed by atoms with E-state index in [1.165, 1.54) is 0 Å². The molecule has 0 aromatic rings. The molecule has 0 aromatic heterocycles. The van der Waals surface area contributed by atoms with Gasteiger partial charge >= 0.3 is 0 Å². The van der Waals surface area contributed by atoms with Crippen LogP contribution in [0.3, 0.4) is 0 Å². The van der Waals surface area contributed by atoms with Crippen molar-refractivity contribution in [2.75, 3.05) is 39.9 Å². The number of ether oxygens (including phenoxy) is 1. The molecular formula is C12H22ClN3O3. The third-order valence-electron chi connectivity index (χ3n) is 3.56. The van der Waals surface area contributed by atoms with Crippen LogP contribution in [0.4, 0.5) is 0 Å². The van der Waals surface area contributed by atoms with E-state index in [-0.39, 0.29) is 36.2 Å². The lowest BCUT2D eigenvalue weighted by Gasteiger charge is -2.17. The maximum atomic E-state index is 12.0. The van der Waals surface area contributed by atoms with E-state index in [4.69, 9.17) is 4.74 Å². The Morgan fingerprint density at radius 3 is 3.00 bits per heavy atom. The van der Waals surface area contributed by atoms with E-state index in [0.717, 1.165) is 19.5 Å². The molecule has 110 valence electrons. The third-order valence-corrected chi connectivity index (χ3v) is 3.56. The summed E-state index contributed by atoms with van der Waals surface area (Å²) in [5.41, 5.74) is 0. The first-order valence-corrected chi connectivity index (χ1v) is 6.48. The molecule has 2 N–H and O–H groups in total. The number of amides is 2. The van der Waals surface area contributed by atoms with Crippen molar-refractivity contribution in [2.24, 2.45) is 5.92 Å². The highest BCUT2D eigenvalue weighted by atomic mass is 35.5. The molecule has 2 atom stereocenters. The number of nitrogens with one attached hydrogen (secondary N) is 2. The minimum atomic E-state index is -0.199. The summed E-state index contributed by atoms with van der Waals surface area (Å²) in [5.74, 6) is -0.135. The van der Waals surface area contributed by atoms with Gasteiger partial charge in [-0.05, 0) is 13.0 Å². The first kappa shape index (κ1) is 16.2. The Balaban J connectivity index is 0.00000180. The van der Waals surface area contributed by atoms with Crippen LogP contribution in [0.15, 0.2) is 0 Å². The van der Waals surface area contributed by atoms with Crippen molar-refractivity contribution in [2.45, 2.75) is 18.9 Å². The lowest BCUT2D eigenvalue weighted by molar-refractivity contribution is -0.129. The number of hydrogen-bond donors (Lipinski definition) is 2. The van der Waals surface area contributed by atoms with Gasteiger partial charge in [0.15, 0.2) is 0 Å². The van der Waals surface area contributed by atoms with Crippen molar-refractivity contribution in [3.63, 3.8) is 0 Å². The second-order valence-corrected chi connectivity index (χ2v) is 4.93. The molecule has 2 heterocycles. The zero-order valence-electron chi connectivity index (χ0n) is 11.2. The van der Waals surface area contributed by atoms with Crippen molar-refractivity contribution in [3.8, 4) is 0 Å². The Morgan fingerprint density at radius 1 is 1.58 bits per heavy atom. The second kappa shape index (κ2) is 7.67. The number of carbonyl (C=O) groups is 2. The van der Waals surface area contributed by atoms with Crippen LogP contribution in [0.25, 0.3) is 0 Å². The Hall–Kier alpha value is -0.850. The number of nitrogens with zero attached hydrogens (tertiary/aromatic N) is 1. The van der Waals surface area contributed by atoms with Crippen molar-refractivity contribution < 1.29 is 14.3 Å². The third kappa shape index (κ3) is 4.33. The van der Waals surface area contributed by atoms with Crippen LogP contribution in [0.2, 0.25) is 0 Å². The smallest absolute Gasteiger partial charge is 0.225 e. The average molecular weight is 292 g/mol. The quantitative estimate of drug-likeness (QED) is 0.708. The van der Waals surface area contributed by atoms with Gasteiger partial charge in [-0.15, -0.1) is 12.4 Å². The van der Waals surface area contributed by atoms with E-state index in [1.807, 2.05) is 0 Å². The van der Waals surface area contributed by atoms with Crippen LogP contribution < -0.4 is 10.6 Å². The fourth-order valence-electron chi connectivity index (χ4n) is 2.46. The van der Waals surface area contributed by atoms with Crippen molar-refractivity contribution in [3.05, 3.63) is 0 Å². The molecular weight excluding hydrogens is 270 g/mol. The number of rotatable bonds is 5. The molecule has 2 saturated heterocycles. The van der Waals surface area contributed by atoms with Crippen LogP contribution >= 0.6 is 12.4 Å². The Bertz CT molecular complexity index is 321. The number of halogens is 1. The first-order valence-electron chi connectivity index (χ1n) is 6.48. The summed E-state index contributed by atoms with van der Waals surface area (Å²) in [6.07, 6.45) is 1.30. The van der Waals surface area contributed by atoms with Crippen LogP contribution in [0, 0.1) is 5.92 Å². The molecule has 2 aliphatic heterocycles. The van der Waals surface area contributed by atoms with E-state index < -0.39 is 0 Å². The highest BCUT2D eigenvalue weighted by molar-refractivity contribution is 5.89. The summed E-state index contributed by atoms with van der Waals surface area (Å²) < 4.78 is 4.95. The second-order valence-electron chi connectivity index (χ2n) is 4.93. The largest absolute Gasteiger partial charge is 0.383 e. The SMILES string of the molecule is COCCN1CC(C(=O)NC2CCNC2)CC1=O.Cl. The molecule has 6 nitrogen and oxygen atoms in total. The number of hydrogen-bond acceptors (Lipinski definition) is 4. The van der Waals surface area contributed by atoms with E-state index in [0.29, 0.717) is 26.1 Å². The molecule has 0 saturated carbocycles. The molecule has 2 unspecified atom stereocenters. The minimum Gasteiger partial charge on any atom is -0.383 e. The van der Waals surface area contributed by atoms with Gasteiger partial charge in [-0.2, -0.15) is 0 Å². The number of methoxy groups -OCH3 is 1. The molecule has 0 bridgehead atoms. The highest BCUT2D eigenvalue weighted by Gasteiger charge is 2.34. The van der Waals surface area contributed by atoms with Crippen molar-refractivity contribution in [1.82, 2.24) is 15.5 Å². The van der Waals surface area contributed by atoms with E-state index >= 15 is 0 Å². The lowest BCUT2D eigenvalue weighted by Crippen LogP contribution is -2.41. The van der Waals surface area contributed by atoms with Gasteiger partial charge in [0.1, 0.15) is 0 Å². The molecule has 7 heteroatoms. The topological polar surface area (TPSA) is 70.7 Å². The minimum absolute atomic E-state index is 0. The summed E-state index contributed by atoms with van der Waals surface area (Å²) in [6, 6.07) is 0.223. The Labute approximate surface area is 119 Å². The summed E-state index contributed by atoms with van der Waals surface area (Å²) >= 11 is 0. The van der Waals surface area contributed by atoms with Gasteiger partial charge in [0.05, 0.1) is 12.5 Å². The van der Waals surface area contributed by atoms with Gasteiger partial charge < -0.3 is 20.3 Å². The standard InChI is InChI=1S/C12H21N3O3.ClH/c1-18-5-4-15-8-9(6-11(15)16)12(17)14-10-2-3-13-7-10;/h9-10,13H,2-8H2,1H3,(H,14,17);1H.